The zero-order valence-corrected chi connectivity index (χ0v) is 23.0. The average molecular weight is 579 g/mol. The standard InChI is InChI=1S/C31H35F5N2O3/c1-28-17-24(18-2-4-19(5-3-18)27(40)38-14-12-37-13-15-38)26-22-9-7-21(39)16-20(22)6-8-23(26)25(28)10-11-29(28,41)30(32,33)31(34,35)36/h2-5,16,23-25,37,41H,6-15,17H2,1H3/t23?,24-,25?,28+,29?/m1/s1. The summed E-state index contributed by atoms with van der Waals surface area (Å²) in [7, 11) is 0. The molecule has 5 nitrogen and oxygen atoms in total. The number of carbonyl (C=O) groups is 2. The molecule has 0 bridgehead atoms. The number of fused-ring (bicyclic) bond motifs is 4. The van der Waals surface area contributed by atoms with Crippen molar-refractivity contribution in [3.05, 3.63) is 58.2 Å². The molecule has 6 rings (SSSR count). The van der Waals surface area contributed by atoms with Crippen molar-refractivity contribution in [1.82, 2.24) is 10.2 Å². The molecule has 3 fully saturated rings. The molecular weight excluding hydrogens is 543 g/mol. The monoisotopic (exact) mass is 578 g/mol. The molecule has 1 aromatic rings. The smallest absolute Gasteiger partial charge is 0.383 e. The van der Waals surface area contributed by atoms with Crippen molar-refractivity contribution in [2.24, 2.45) is 17.3 Å². The predicted molar refractivity (Wildman–Crippen MR) is 141 cm³/mol. The van der Waals surface area contributed by atoms with E-state index in [1.807, 2.05) is 0 Å². The highest BCUT2D eigenvalue weighted by molar-refractivity contribution is 5.94. The molecule has 5 aliphatic rings. The van der Waals surface area contributed by atoms with E-state index >= 15 is 8.78 Å². The molecule has 10 heteroatoms. The van der Waals surface area contributed by atoms with Crippen molar-refractivity contribution in [3.63, 3.8) is 0 Å². The number of amides is 1. The van der Waals surface area contributed by atoms with E-state index in [2.05, 4.69) is 5.32 Å². The van der Waals surface area contributed by atoms with E-state index in [1.165, 1.54) is 6.92 Å². The first-order chi connectivity index (χ1) is 19.3. The minimum atomic E-state index is -5.88. The zero-order valence-electron chi connectivity index (χ0n) is 23.0. The Balaban J connectivity index is 1.44. The third kappa shape index (κ3) is 4.22. The van der Waals surface area contributed by atoms with E-state index in [0.717, 1.165) is 22.3 Å². The van der Waals surface area contributed by atoms with Crippen LogP contribution >= 0.6 is 0 Å². The Morgan fingerprint density at radius 3 is 2.37 bits per heavy atom. The Bertz CT molecular complexity index is 1310. The van der Waals surface area contributed by atoms with Gasteiger partial charge in [0.25, 0.3) is 5.91 Å². The van der Waals surface area contributed by atoms with Crippen LogP contribution in [0.3, 0.4) is 0 Å². The second-order valence-electron chi connectivity index (χ2n) is 12.6. The average Bonchev–Trinajstić information content (AvgIpc) is 3.23. The Hall–Kier alpha value is -2.59. The van der Waals surface area contributed by atoms with Gasteiger partial charge in [-0.2, -0.15) is 22.0 Å². The van der Waals surface area contributed by atoms with E-state index in [4.69, 9.17) is 0 Å². The molecule has 1 amide bonds. The lowest BCUT2D eigenvalue weighted by Gasteiger charge is -2.56. The van der Waals surface area contributed by atoms with Crippen molar-refractivity contribution in [2.45, 2.75) is 75.5 Å². The molecule has 41 heavy (non-hydrogen) atoms. The van der Waals surface area contributed by atoms with Gasteiger partial charge < -0.3 is 15.3 Å². The topological polar surface area (TPSA) is 69.6 Å². The van der Waals surface area contributed by atoms with Crippen LogP contribution in [0.25, 0.3) is 0 Å². The molecular formula is C31H35F5N2O3. The number of alkyl halides is 5. The first-order valence-electron chi connectivity index (χ1n) is 14.5. The van der Waals surface area contributed by atoms with Crippen LogP contribution in [0.4, 0.5) is 22.0 Å². The van der Waals surface area contributed by atoms with Crippen LogP contribution in [0, 0.1) is 17.3 Å². The minimum absolute atomic E-state index is 0.0378. The third-order valence-electron chi connectivity index (χ3n) is 10.7. The summed E-state index contributed by atoms with van der Waals surface area (Å²) in [5.41, 5.74) is -0.777. The number of piperazine rings is 1. The first kappa shape index (κ1) is 28.5. The van der Waals surface area contributed by atoms with Gasteiger partial charge >= 0.3 is 12.1 Å². The van der Waals surface area contributed by atoms with Crippen LogP contribution in [0.15, 0.2) is 47.1 Å². The number of nitrogens with zero attached hydrogens (tertiary/aromatic N) is 1. The fourth-order valence-corrected chi connectivity index (χ4v) is 8.62. The second-order valence-corrected chi connectivity index (χ2v) is 12.6. The number of nitrogens with one attached hydrogen (secondary N) is 1. The van der Waals surface area contributed by atoms with E-state index in [-0.39, 0.29) is 30.4 Å². The molecule has 0 spiro atoms. The van der Waals surface area contributed by atoms with Gasteiger partial charge in [0.05, 0.1) is 0 Å². The van der Waals surface area contributed by atoms with E-state index in [9.17, 15) is 27.9 Å². The second kappa shape index (κ2) is 9.73. The van der Waals surface area contributed by atoms with Gasteiger partial charge in [-0.1, -0.05) is 24.6 Å². The summed E-state index contributed by atoms with van der Waals surface area (Å²) >= 11 is 0. The van der Waals surface area contributed by atoms with Crippen LogP contribution < -0.4 is 5.32 Å². The number of aliphatic hydroxyl groups is 1. The number of carbonyl (C=O) groups excluding carboxylic acids is 2. The van der Waals surface area contributed by atoms with Gasteiger partial charge in [0.2, 0.25) is 0 Å². The summed E-state index contributed by atoms with van der Waals surface area (Å²) in [5.74, 6) is -6.69. The van der Waals surface area contributed by atoms with Crippen molar-refractivity contribution >= 4 is 11.7 Å². The zero-order chi connectivity index (χ0) is 29.4. The van der Waals surface area contributed by atoms with Gasteiger partial charge in [-0.15, -0.1) is 0 Å². The Morgan fingerprint density at radius 2 is 1.71 bits per heavy atom. The SMILES string of the molecule is C[C@]12C[C@H](c3ccc(C(=O)N4CCNCC4)cc3)C3=C4CCC(=O)C=C4CCC3C1CCC2(O)C(F)(F)C(F)(F)F. The molecule has 5 atom stereocenters. The largest absolute Gasteiger partial charge is 0.456 e. The van der Waals surface area contributed by atoms with Crippen molar-refractivity contribution in [3.8, 4) is 0 Å². The van der Waals surface area contributed by atoms with E-state index in [1.54, 1.807) is 35.2 Å². The maximum Gasteiger partial charge on any atom is 0.456 e. The van der Waals surface area contributed by atoms with Crippen molar-refractivity contribution < 1.29 is 36.6 Å². The van der Waals surface area contributed by atoms with Crippen LogP contribution in [0.1, 0.15) is 73.7 Å². The molecule has 2 saturated carbocycles. The number of hydrogen-bond donors (Lipinski definition) is 2. The number of benzene rings is 1. The lowest BCUT2D eigenvalue weighted by Crippen LogP contribution is -2.65. The van der Waals surface area contributed by atoms with E-state index in [0.29, 0.717) is 57.4 Å². The Labute approximate surface area is 235 Å². The van der Waals surface area contributed by atoms with Crippen LogP contribution in [-0.2, 0) is 4.79 Å². The molecule has 1 saturated heterocycles. The molecule has 0 radical (unpaired) electrons. The highest BCUT2D eigenvalue weighted by Gasteiger charge is 2.79. The predicted octanol–water partition coefficient (Wildman–Crippen LogP) is 5.56. The first-order valence-corrected chi connectivity index (χ1v) is 14.5. The van der Waals surface area contributed by atoms with Gasteiger partial charge in [-0.05, 0) is 85.3 Å². The molecule has 1 aromatic carbocycles. The van der Waals surface area contributed by atoms with E-state index < -0.39 is 41.4 Å². The molecule has 222 valence electrons. The number of ketones is 1. The van der Waals surface area contributed by atoms with Gasteiger partial charge in [-0.3, -0.25) is 9.59 Å². The number of allylic oxidation sites excluding steroid dienone is 4. The fraction of sp³-hybridized carbons (Fsp3) is 0.613. The van der Waals surface area contributed by atoms with Gasteiger partial charge in [0.1, 0.15) is 5.60 Å². The van der Waals surface area contributed by atoms with Crippen molar-refractivity contribution in [1.29, 1.82) is 0 Å². The molecule has 0 aromatic heterocycles. The van der Waals surface area contributed by atoms with Crippen LogP contribution in [0.2, 0.25) is 0 Å². The fourth-order valence-electron chi connectivity index (χ4n) is 8.62. The maximum absolute atomic E-state index is 15.1. The van der Waals surface area contributed by atoms with Gasteiger partial charge in [0, 0.05) is 49.5 Å². The number of hydrogen-bond acceptors (Lipinski definition) is 4. The third-order valence-corrected chi connectivity index (χ3v) is 10.7. The Morgan fingerprint density at radius 1 is 1.02 bits per heavy atom. The molecule has 3 unspecified atom stereocenters. The van der Waals surface area contributed by atoms with Crippen LogP contribution in [0.5, 0.6) is 0 Å². The lowest BCUT2D eigenvalue weighted by atomic mass is 9.50. The molecule has 4 aliphatic carbocycles. The molecule has 2 N–H and O–H groups in total. The number of halogens is 5. The summed E-state index contributed by atoms with van der Waals surface area (Å²) in [4.78, 5) is 27.0. The summed E-state index contributed by atoms with van der Waals surface area (Å²) in [6, 6.07) is 6.94. The number of rotatable bonds is 3. The van der Waals surface area contributed by atoms with Gasteiger partial charge in [0.15, 0.2) is 5.78 Å². The maximum atomic E-state index is 15.1. The normalized spacial score (nSPS) is 34.1. The Kier molecular flexibility index (Phi) is 6.77. The summed E-state index contributed by atoms with van der Waals surface area (Å²) in [6.07, 6.45) is -2.94. The molecule has 1 heterocycles. The summed E-state index contributed by atoms with van der Waals surface area (Å²) in [5, 5.41) is 14.6. The van der Waals surface area contributed by atoms with Crippen LogP contribution in [-0.4, -0.2) is 65.6 Å². The van der Waals surface area contributed by atoms with Crippen molar-refractivity contribution in [2.75, 3.05) is 26.2 Å². The summed E-state index contributed by atoms with van der Waals surface area (Å²) in [6.45, 7) is 3.99. The quantitative estimate of drug-likeness (QED) is 0.461. The lowest BCUT2D eigenvalue weighted by molar-refractivity contribution is -0.362. The highest BCUT2D eigenvalue weighted by atomic mass is 19.4. The molecule has 1 aliphatic heterocycles. The van der Waals surface area contributed by atoms with Gasteiger partial charge in [-0.25, -0.2) is 0 Å². The summed E-state index contributed by atoms with van der Waals surface area (Å²) < 4.78 is 71.5. The minimum Gasteiger partial charge on any atom is -0.383 e. The highest BCUT2D eigenvalue weighted by Crippen LogP contribution is 2.70.